The van der Waals surface area contributed by atoms with E-state index in [4.69, 9.17) is 4.74 Å². The molecule has 1 aromatic heterocycles. The van der Waals surface area contributed by atoms with Crippen molar-refractivity contribution >= 4 is 17.3 Å². The standard InChI is InChI=1S/C17H21NO2S/c1-2-20-17(19)12-15-13-21-16(18-15)11-7-6-10-14-8-4-3-5-9-14/h3-5,8-9,13H,2,6-7,10-12H2,1H3. The van der Waals surface area contributed by atoms with Gasteiger partial charge in [0.25, 0.3) is 0 Å². The van der Waals surface area contributed by atoms with Crippen LogP contribution in [0.3, 0.4) is 0 Å². The lowest BCUT2D eigenvalue weighted by Crippen LogP contribution is -2.07. The normalized spacial score (nSPS) is 10.5. The first-order valence-electron chi connectivity index (χ1n) is 7.40. The first-order chi connectivity index (χ1) is 10.3. The van der Waals surface area contributed by atoms with Gasteiger partial charge in [-0.05, 0) is 38.2 Å². The molecule has 0 aliphatic rings. The molecule has 0 fully saturated rings. The Morgan fingerprint density at radius 1 is 1.19 bits per heavy atom. The summed E-state index contributed by atoms with van der Waals surface area (Å²) in [6.07, 6.45) is 4.68. The number of benzene rings is 1. The van der Waals surface area contributed by atoms with Gasteiger partial charge in [-0.1, -0.05) is 30.3 Å². The van der Waals surface area contributed by atoms with Crippen LogP contribution in [0.4, 0.5) is 0 Å². The van der Waals surface area contributed by atoms with E-state index < -0.39 is 0 Å². The van der Waals surface area contributed by atoms with Gasteiger partial charge >= 0.3 is 5.97 Å². The van der Waals surface area contributed by atoms with Gasteiger partial charge in [0.15, 0.2) is 0 Å². The fourth-order valence-electron chi connectivity index (χ4n) is 2.15. The highest BCUT2D eigenvalue weighted by atomic mass is 32.1. The zero-order valence-corrected chi connectivity index (χ0v) is 13.2. The summed E-state index contributed by atoms with van der Waals surface area (Å²) >= 11 is 1.64. The number of rotatable bonds is 8. The van der Waals surface area contributed by atoms with E-state index in [1.165, 1.54) is 5.56 Å². The number of thiazole rings is 1. The van der Waals surface area contributed by atoms with E-state index in [0.717, 1.165) is 36.4 Å². The summed E-state index contributed by atoms with van der Waals surface area (Å²) in [7, 11) is 0. The Morgan fingerprint density at radius 3 is 2.71 bits per heavy atom. The van der Waals surface area contributed by atoms with Crippen LogP contribution in [0.5, 0.6) is 0 Å². The van der Waals surface area contributed by atoms with E-state index >= 15 is 0 Å². The Morgan fingerprint density at radius 2 is 1.95 bits per heavy atom. The molecule has 21 heavy (non-hydrogen) atoms. The monoisotopic (exact) mass is 303 g/mol. The highest BCUT2D eigenvalue weighted by Gasteiger charge is 2.08. The van der Waals surface area contributed by atoms with Crippen LogP contribution in [0.2, 0.25) is 0 Å². The highest BCUT2D eigenvalue weighted by Crippen LogP contribution is 2.14. The quantitative estimate of drug-likeness (QED) is 0.550. The van der Waals surface area contributed by atoms with Gasteiger partial charge in [0.2, 0.25) is 0 Å². The van der Waals surface area contributed by atoms with Crippen molar-refractivity contribution in [3.05, 3.63) is 52.0 Å². The van der Waals surface area contributed by atoms with Crippen LogP contribution < -0.4 is 0 Å². The molecule has 0 saturated heterocycles. The molecule has 3 nitrogen and oxygen atoms in total. The van der Waals surface area contributed by atoms with Crippen molar-refractivity contribution in [3.8, 4) is 0 Å². The van der Waals surface area contributed by atoms with Crippen LogP contribution in [-0.2, 0) is 28.8 Å². The van der Waals surface area contributed by atoms with E-state index in [0.29, 0.717) is 6.61 Å². The summed E-state index contributed by atoms with van der Waals surface area (Å²) in [4.78, 5) is 15.9. The Bertz CT molecular complexity index is 551. The number of aromatic nitrogens is 1. The maximum Gasteiger partial charge on any atom is 0.311 e. The summed E-state index contributed by atoms with van der Waals surface area (Å²) in [6, 6.07) is 10.5. The van der Waals surface area contributed by atoms with E-state index in [9.17, 15) is 4.79 Å². The summed E-state index contributed by atoms with van der Waals surface area (Å²) < 4.78 is 4.93. The number of carbonyl (C=O) groups excluding carboxylic acids is 1. The molecule has 2 aromatic rings. The minimum Gasteiger partial charge on any atom is -0.466 e. The summed E-state index contributed by atoms with van der Waals surface area (Å²) in [5.74, 6) is -0.196. The Balaban J connectivity index is 1.69. The SMILES string of the molecule is CCOC(=O)Cc1csc(CCCCc2ccccc2)n1. The minimum absolute atomic E-state index is 0.196. The topological polar surface area (TPSA) is 39.2 Å². The van der Waals surface area contributed by atoms with Gasteiger partial charge in [-0.3, -0.25) is 4.79 Å². The number of hydrogen-bond donors (Lipinski definition) is 0. The fraction of sp³-hybridized carbons (Fsp3) is 0.412. The second kappa shape index (κ2) is 8.57. The average Bonchev–Trinajstić information content (AvgIpc) is 2.92. The van der Waals surface area contributed by atoms with E-state index in [-0.39, 0.29) is 12.4 Å². The predicted octanol–water partition coefficient (Wildman–Crippen LogP) is 3.81. The van der Waals surface area contributed by atoms with Crippen LogP contribution in [0.15, 0.2) is 35.7 Å². The second-order valence-corrected chi connectivity index (χ2v) is 5.85. The smallest absolute Gasteiger partial charge is 0.311 e. The Hall–Kier alpha value is -1.68. The molecule has 0 saturated carbocycles. The third kappa shape index (κ3) is 5.68. The van der Waals surface area contributed by atoms with Gasteiger partial charge in [0.1, 0.15) is 0 Å². The lowest BCUT2D eigenvalue weighted by atomic mass is 10.1. The summed E-state index contributed by atoms with van der Waals surface area (Å²) in [6.45, 7) is 2.24. The second-order valence-electron chi connectivity index (χ2n) is 4.91. The van der Waals surface area contributed by atoms with Crippen LogP contribution in [-0.4, -0.2) is 17.6 Å². The molecule has 0 bridgehead atoms. The van der Waals surface area contributed by atoms with E-state index in [1.807, 2.05) is 18.4 Å². The van der Waals surface area contributed by atoms with Crippen molar-refractivity contribution in [3.63, 3.8) is 0 Å². The molecular weight excluding hydrogens is 282 g/mol. The minimum atomic E-state index is -0.196. The third-order valence-corrected chi connectivity index (χ3v) is 4.14. The maximum atomic E-state index is 11.4. The highest BCUT2D eigenvalue weighted by molar-refractivity contribution is 7.09. The van der Waals surface area contributed by atoms with Crippen LogP contribution in [0.1, 0.15) is 36.0 Å². The number of esters is 1. The molecule has 1 heterocycles. The molecule has 0 aliphatic heterocycles. The number of hydrogen-bond acceptors (Lipinski definition) is 4. The molecule has 0 aliphatic carbocycles. The number of nitrogens with zero attached hydrogens (tertiary/aromatic N) is 1. The summed E-state index contributed by atoms with van der Waals surface area (Å²) in [5.41, 5.74) is 2.22. The van der Waals surface area contributed by atoms with Gasteiger partial charge in [0.05, 0.1) is 23.7 Å². The molecule has 0 amide bonds. The average molecular weight is 303 g/mol. The van der Waals surface area contributed by atoms with Crippen molar-refractivity contribution < 1.29 is 9.53 Å². The summed E-state index contributed by atoms with van der Waals surface area (Å²) in [5, 5.41) is 3.08. The first kappa shape index (κ1) is 15.7. The molecule has 0 spiro atoms. The zero-order valence-electron chi connectivity index (χ0n) is 12.4. The molecule has 0 radical (unpaired) electrons. The first-order valence-corrected chi connectivity index (χ1v) is 8.28. The fourth-order valence-corrected chi connectivity index (χ4v) is 3.00. The molecule has 0 N–H and O–H groups in total. The Labute approximate surface area is 130 Å². The lowest BCUT2D eigenvalue weighted by Gasteiger charge is -2.00. The van der Waals surface area contributed by atoms with Crippen molar-refractivity contribution in [2.45, 2.75) is 39.0 Å². The molecule has 0 unspecified atom stereocenters. The maximum absolute atomic E-state index is 11.4. The van der Waals surface area contributed by atoms with Gasteiger partial charge in [-0.15, -0.1) is 11.3 Å². The zero-order chi connectivity index (χ0) is 14.9. The van der Waals surface area contributed by atoms with Crippen LogP contribution in [0, 0.1) is 0 Å². The van der Waals surface area contributed by atoms with Crippen molar-refractivity contribution in [1.29, 1.82) is 0 Å². The number of ether oxygens (including phenoxy) is 1. The number of aryl methyl sites for hydroxylation is 2. The molecule has 112 valence electrons. The van der Waals surface area contributed by atoms with Crippen molar-refractivity contribution in [2.75, 3.05) is 6.61 Å². The molecule has 1 aromatic carbocycles. The van der Waals surface area contributed by atoms with Gasteiger partial charge in [-0.2, -0.15) is 0 Å². The van der Waals surface area contributed by atoms with Crippen LogP contribution >= 0.6 is 11.3 Å². The largest absolute Gasteiger partial charge is 0.466 e. The predicted molar refractivity (Wildman–Crippen MR) is 85.5 cm³/mol. The molecular formula is C17H21NO2S. The third-order valence-electron chi connectivity index (χ3n) is 3.18. The molecule has 2 rings (SSSR count). The van der Waals surface area contributed by atoms with E-state index in [1.54, 1.807) is 11.3 Å². The Kier molecular flexibility index (Phi) is 6.41. The van der Waals surface area contributed by atoms with Crippen molar-refractivity contribution in [1.82, 2.24) is 4.98 Å². The van der Waals surface area contributed by atoms with Gasteiger partial charge < -0.3 is 4.74 Å². The number of carbonyl (C=O) groups is 1. The number of unbranched alkanes of at least 4 members (excludes halogenated alkanes) is 1. The molecule has 0 atom stereocenters. The van der Waals surface area contributed by atoms with Gasteiger partial charge in [0, 0.05) is 5.38 Å². The van der Waals surface area contributed by atoms with Gasteiger partial charge in [-0.25, -0.2) is 4.98 Å². The van der Waals surface area contributed by atoms with E-state index in [2.05, 4.69) is 29.2 Å². The van der Waals surface area contributed by atoms with Crippen LogP contribution in [0.25, 0.3) is 0 Å². The van der Waals surface area contributed by atoms with Crippen molar-refractivity contribution in [2.24, 2.45) is 0 Å². The lowest BCUT2D eigenvalue weighted by molar-refractivity contribution is -0.142. The molecule has 4 heteroatoms.